The van der Waals surface area contributed by atoms with E-state index in [2.05, 4.69) is 13.0 Å². The molecule has 0 heterocycles. The van der Waals surface area contributed by atoms with E-state index < -0.39 is 0 Å². The minimum Gasteiger partial charge on any atom is -0.205 e. The summed E-state index contributed by atoms with van der Waals surface area (Å²) < 4.78 is 14.4. The molecular formula is C19H26ClF. The molecule has 1 aromatic carbocycles. The van der Waals surface area contributed by atoms with E-state index in [9.17, 15) is 4.39 Å². The van der Waals surface area contributed by atoms with E-state index in [1.54, 1.807) is 0 Å². The molecule has 0 aliphatic heterocycles. The third kappa shape index (κ3) is 4.10. The highest BCUT2D eigenvalue weighted by molar-refractivity contribution is 6.31. The van der Waals surface area contributed by atoms with E-state index >= 15 is 0 Å². The van der Waals surface area contributed by atoms with Crippen LogP contribution in [0.4, 0.5) is 4.39 Å². The second kappa shape index (κ2) is 7.98. The second-order valence-corrected chi connectivity index (χ2v) is 6.50. The number of hydrogen-bond acceptors (Lipinski definition) is 0. The number of benzene rings is 1. The van der Waals surface area contributed by atoms with Crippen molar-refractivity contribution in [2.75, 3.05) is 0 Å². The summed E-state index contributed by atoms with van der Waals surface area (Å²) in [5.74, 6) is 0.556. The van der Waals surface area contributed by atoms with Crippen LogP contribution < -0.4 is 0 Å². The molecule has 2 heteroatoms. The lowest BCUT2D eigenvalue weighted by molar-refractivity contribution is 0.427. The van der Waals surface area contributed by atoms with E-state index in [-0.39, 0.29) is 5.82 Å². The topological polar surface area (TPSA) is 0 Å². The fraction of sp³-hybridized carbons (Fsp3) is 0.579. The molecule has 0 aromatic heterocycles. The van der Waals surface area contributed by atoms with Crippen LogP contribution in [-0.4, -0.2) is 0 Å². The first-order chi connectivity index (χ1) is 10.2. The van der Waals surface area contributed by atoms with Gasteiger partial charge in [0.05, 0.1) is 5.02 Å². The molecule has 0 N–H and O–H groups in total. The molecule has 1 aliphatic rings. The summed E-state index contributed by atoms with van der Waals surface area (Å²) >= 11 is 6.13. The van der Waals surface area contributed by atoms with Gasteiger partial charge in [-0.2, -0.15) is 0 Å². The Morgan fingerprint density at radius 3 is 2.67 bits per heavy atom. The fourth-order valence-corrected chi connectivity index (χ4v) is 3.49. The maximum absolute atomic E-state index is 14.4. The summed E-state index contributed by atoms with van der Waals surface area (Å²) in [5.41, 5.74) is 2.75. The molecule has 1 unspecified atom stereocenters. The Balaban J connectivity index is 2.05. The van der Waals surface area contributed by atoms with Crippen molar-refractivity contribution in [3.8, 4) is 0 Å². The summed E-state index contributed by atoms with van der Waals surface area (Å²) in [4.78, 5) is 0. The third-order valence-corrected chi connectivity index (χ3v) is 5.03. The van der Waals surface area contributed by atoms with Gasteiger partial charge in [-0.1, -0.05) is 69.3 Å². The van der Waals surface area contributed by atoms with Gasteiger partial charge < -0.3 is 0 Å². The largest absolute Gasteiger partial charge is 0.205 e. The fourth-order valence-electron chi connectivity index (χ4n) is 3.19. The Hall–Kier alpha value is -0.820. The summed E-state index contributed by atoms with van der Waals surface area (Å²) in [6, 6.07) is 3.87. The van der Waals surface area contributed by atoms with Crippen molar-refractivity contribution in [1.82, 2.24) is 0 Å². The lowest BCUT2D eigenvalue weighted by Crippen LogP contribution is -2.06. The lowest BCUT2D eigenvalue weighted by Gasteiger charge is -2.22. The quantitative estimate of drug-likeness (QED) is 0.507. The molecule has 0 amide bonds. The van der Waals surface area contributed by atoms with Crippen molar-refractivity contribution in [2.24, 2.45) is 5.92 Å². The third-order valence-electron chi connectivity index (χ3n) is 4.62. The molecule has 0 saturated heterocycles. The van der Waals surface area contributed by atoms with Gasteiger partial charge in [-0.05, 0) is 42.7 Å². The van der Waals surface area contributed by atoms with Gasteiger partial charge in [-0.15, -0.1) is 0 Å². The van der Waals surface area contributed by atoms with E-state index in [0.29, 0.717) is 10.6 Å². The smallest absolute Gasteiger partial charge is 0.149 e. The number of allylic oxidation sites excluding steroid dienone is 2. The lowest BCUT2D eigenvalue weighted by atomic mass is 9.83. The Bertz CT molecular complexity index is 505. The van der Waals surface area contributed by atoms with Crippen LogP contribution in [0.1, 0.15) is 69.9 Å². The van der Waals surface area contributed by atoms with Crippen LogP contribution in [0.2, 0.25) is 5.02 Å². The van der Waals surface area contributed by atoms with Crippen molar-refractivity contribution in [2.45, 2.75) is 65.2 Å². The van der Waals surface area contributed by atoms with Crippen molar-refractivity contribution in [3.63, 3.8) is 0 Å². The highest BCUT2D eigenvalue weighted by Gasteiger charge is 2.19. The maximum Gasteiger partial charge on any atom is 0.149 e. The summed E-state index contributed by atoms with van der Waals surface area (Å²) in [6.45, 7) is 4.24. The second-order valence-electron chi connectivity index (χ2n) is 6.12. The molecule has 0 saturated carbocycles. The zero-order chi connectivity index (χ0) is 15.2. The van der Waals surface area contributed by atoms with Crippen LogP contribution in [0.15, 0.2) is 18.2 Å². The number of halogens is 2. The van der Waals surface area contributed by atoms with Gasteiger partial charge in [0.15, 0.2) is 0 Å². The van der Waals surface area contributed by atoms with Crippen LogP contribution >= 0.6 is 11.6 Å². The van der Waals surface area contributed by atoms with Crippen LogP contribution in [0.3, 0.4) is 0 Å². The van der Waals surface area contributed by atoms with E-state index in [4.69, 9.17) is 11.6 Å². The Morgan fingerprint density at radius 1 is 1.24 bits per heavy atom. The highest BCUT2D eigenvalue weighted by atomic mass is 35.5. The molecule has 0 spiro atoms. The summed E-state index contributed by atoms with van der Waals surface area (Å²) in [6.07, 6.45) is 11.5. The van der Waals surface area contributed by atoms with E-state index in [1.807, 2.05) is 19.1 Å². The molecule has 1 atom stereocenters. The Labute approximate surface area is 133 Å². The average Bonchev–Trinajstić information content (AvgIpc) is 2.51. The number of aryl methyl sites for hydroxylation is 1. The molecule has 0 fully saturated rings. The zero-order valence-electron chi connectivity index (χ0n) is 13.2. The first-order valence-corrected chi connectivity index (χ1v) is 8.71. The highest BCUT2D eigenvalue weighted by Crippen LogP contribution is 2.36. The normalized spacial score (nSPS) is 18.7. The molecule has 0 radical (unpaired) electrons. The van der Waals surface area contributed by atoms with Crippen LogP contribution in [0.5, 0.6) is 0 Å². The molecule has 1 aliphatic carbocycles. The predicted octanol–water partition coefficient (Wildman–Crippen LogP) is 6.81. The van der Waals surface area contributed by atoms with Crippen molar-refractivity contribution < 1.29 is 4.39 Å². The minimum atomic E-state index is -0.230. The molecule has 2 rings (SSSR count). The van der Waals surface area contributed by atoms with Gasteiger partial charge in [0.1, 0.15) is 5.82 Å². The first kappa shape index (κ1) is 16.5. The van der Waals surface area contributed by atoms with Gasteiger partial charge in [0, 0.05) is 5.56 Å². The monoisotopic (exact) mass is 308 g/mol. The zero-order valence-corrected chi connectivity index (χ0v) is 14.0. The van der Waals surface area contributed by atoms with Gasteiger partial charge in [-0.25, -0.2) is 4.39 Å². The van der Waals surface area contributed by atoms with Crippen molar-refractivity contribution in [3.05, 3.63) is 40.2 Å². The van der Waals surface area contributed by atoms with Gasteiger partial charge >= 0.3 is 0 Å². The predicted molar refractivity (Wildman–Crippen MR) is 90.2 cm³/mol. The van der Waals surface area contributed by atoms with Crippen LogP contribution in [0, 0.1) is 11.7 Å². The molecule has 0 nitrogen and oxygen atoms in total. The van der Waals surface area contributed by atoms with E-state index in [0.717, 1.165) is 36.3 Å². The number of rotatable bonds is 6. The average molecular weight is 309 g/mol. The molecule has 1 aromatic rings. The summed E-state index contributed by atoms with van der Waals surface area (Å²) in [5, 5.41) is 0.306. The molecular weight excluding hydrogens is 283 g/mol. The molecule has 116 valence electrons. The van der Waals surface area contributed by atoms with Crippen molar-refractivity contribution >= 4 is 17.2 Å². The summed E-state index contributed by atoms with van der Waals surface area (Å²) in [7, 11) is 0. The SMILES string of the molecule is CCCCCC1CC=C(c2ccc(CC)c(Cl)c2F)CC1. The Morgan fingerprint density at radius 2 is 2.05 bits per heavy atom. The van der Waals surface area contributed by atoms with Gasteiger partial charge in [-0.3, -0.25) is 0 Å². The number of hydrogen-bond donors (Lipinski definition) is 0. The van der Waals surface area contributed by atoms with Crippen molar-refractivity contribution in [1.29, 1.82) is 0 Å². The number of unbranched alkanes of at least 4 members (excludes halogenated alkanes) is 2. The van der Waals surface area contributed by atoms with Gasteiger partial charge in [0.25, 0.3) is 0 Å². The van der Waals surface area contributed by atoms with Crippen LogP contribution in [0.25, 0.3) is 5.57 Å². The standard InChI is InChI=1S/C19H26ClF/c1-3-5-6-7-14-8-10-16(11-9-14)17-13-12-15(4-2)18(20)19(17)21/h10,12-14H,3-9,11H2,1-2H3. The van der Waals surface area contributed by atoms with Crippen LogP contribution in [-0.2, 0) is 6.42 Å². The molecule has 0 bridgehead atoms. The minimum absolute atomic E-state index is 0.230. The maximum atomic E-state index is 14.4. The van der Waals surface area contributed by atoms with E-state index in [1.165, 1.54) is 32.1 Å². The first-order valence-electron chi connectivity index (χ1n) is 8.33. The Kier molecular flexibility index (Phi) is 6.29. The molecule has 21 heavy (non-hydrogen) atoms. The van der Waals surface area contributed by atoms with Gasteiger partial charge in [0.2, 0.25) is 0 Å².